The van der Waals surface area contributed by atoms with Gasteiger partial charge in [-0.2, -0.15) is 0 Å². The van der Waals surface area contributed by atoms with Crippen LogP contribution in [0, 0.1) is 12.8 Å². The standard InChI is InChI=1S/C13H18N2O2/c1-9-5-6-11(8-14-9)15-13(16)12-4-3-7-17-10(12)2/h5-6,8,10,12H,3-4,7H2,1-2H3,(H,15,16). The predicted molar refractivity (Wildman–Crippen MR) is 65.7 cm³/mol. The molecule has 2 atom stereocenters. The molecule has 1 aromatic rings. The fraction of sp³-hybridized carbons (Fsp3) is 0.538. The van der Waals surface area contributed by atoms with E-state index in [0.717, 1.165) is 30.8 Å². The van der Waals surface area contributed by atoms with Crippen molar-refractivity contribution in [3.8, 4) is 0 Å². The van der Waals surface area contributed by atoms with Gasteiger partial charge in [0, 0.05) is 12.3 Å². The Morgan fingerprint density at radius 3 is 3.00 bits per heavy atom. The van der Waals surface area contributed by atoms with Gasteiger partial charge in [0.25, 0.3) is 0 Å². The Hall–Kier alpha value is -1.42. The first-order chi connectivity index (χ1) is 8.16. The molecule has 4 nitrogen and oxygen atoms in total. The number of anilines is 1. The minimum Gasteiger partial charge on any atom is -0.378 e. The van der Waals surface area contributed by atoms with Crippen LogP contribution in [0.5, 0.6) is 0 Å². The van der Waals surface area contributed by atoms with Crippen LogP contribution in [0.2, 0.25) is 0 Å². The average molecular weight is 234 g/mol. The van der Waals surface area contributed by atoms with Crippen LogP contribution in [0.1, 0.15) is 25.5 Å². The number of hydrogen-bond donors (Lipinski definition) is 1. The summed E-state index contributed by atoms with van der Waals surface area (Å²) in [5.41, 5.74) is 1.69. The summed E-state index contributed by atoms with van der Waals surface area (Å²) in [6.07, 6.45) is 3.53. The fourth-order valence-corrected chi connectivity index (χ4v) is 2.04. The Morgan fingerprint density at radius 1 is 1.53 bits per heavy atom. The normalized spacial score (nSPS) is 24.4. The second kappa shape index (κ2) is 5.27. The highest BCUT2D eigenvalue weighted by atomic mass is 16.5. The van der Waals surface area contributed by atoms with Gasteiger partial charge in [0.05, 0.1) is 23.9 Å². The SMILES string of the molecule is Cc1ccc(NC(=O)C2CCCOC2C)cn1. The molecule has 1 aliphatic rings. The van der Waals surface area contributed by atoms with E-state index in [9.17, 15) is 4.79 Å². The molecule has 0 spiro atoms. The summed E-state index contributed by atoms with van der Waals surface area (Å²) in [6, 6.07) is 3.75. The van der Waals surface area contributed by atoms with Crippen LogP contribution in [0.3, 0.4) is 0 Å². The molecule has 2 rings (SSSR count). The first-order valence-corrected chi connectivity index (χ1v) is 6.02. The Morgan fingerprint density at radius 2 is 2.35 bits per heavy atom. The second-order valence-electron chi connectivity index (χ2n) is 4.50. The van der Waals surface area contributed by atoms with Crippen molar-refractivity contribution < 1.29 is 9.53 Å². The maximum Gasteiger partial charge on any atom is 0.230 e. The molecule has 0 radical (unpaired) electrons. The lowest BCUT2D eigenvalue weighted by atomic mass is 9.94. The van der Waals surface area contributed by atoms with Crippen molar-refractivity contribution in [3.05, 3.63) is 24.0 Å². The predicted octanol–water partition coefficient (Wildman–Crippen LogP) is 2.14. The van der Waals surface area contributed by atoms with E-state index in [4.69, 9.17) is 4.74 Å². The van der Waals surface area contributed by atoms with E-state index in [1.807, 2.05) is 26.0 Å². The zero-order valence-electron chi connectivity index (χ0n) is 10.3. The summed E-state index contributed by atoms with van der Waals surface area (Å²) in [6.45, 7) is 4.64. The number of amides is 1. The number of aromatic nitrogens is 1. The van der Waals surface area contributed by atoms with Crippen molar-refractivity contribution in [3.63, 3.8) is 0 Å². The molecule has 1 N–H and O–H groups in total. The smallest absolute Gasteiger partial charge is 0.230 e. The molecule has 0 aromatic carbocycles. The van der Waals surface area contributed by atoms with E-state index in [1.54, 1.807) is 6.20 Å². The minimum atomic E-state index is -0.0509. The van der Waals surface area contributed by atoms with Crippen LogP contribution in [0.25, 0.3) is 0 Å². The van der Waals surface area contributed by atoms with E-state index in [0.29, 0.717) is 0 Å². The number of aryl methyl sites for hydroxylation is 1. The van der Waals surface area contributed by atoms with Crippen LogP contribution >= 0.6 is 0 Å². The van der Waals surface area contributed by atoms with Gasteiger partial charge in [-0.15, -0.1) is 0 Å². The summed E-state index contributed by atoms with van der Waals surface area (Å²) < 4.78 is 5.49. The summed E-state index contributed by atoms with van der Waals surface area (Å²) in [7, 11) is 0. The Bertz CT molecular complexity index is 389. The second-order valence-corrected chi connectivity index (χ2v) is 4.50. The number of ether oxygens (including phenoxy) is 1. The Kier molecular flexibility index (Phi) is 3.74. The lowest BCUT2D eigenvalue weighted by Gasteiger charge is -2.27. The van der Waals surface area contributed by atoms with Gasteiger partial charge in [0.2, 0.25) is 5.91 Å². The maximum absolute atomic E-state index is 12.0. The maximum atomic E-state index is 12.0. The molecule has 1 aliphatic heterocycles. The van der Waals surface area contributed by atoms with Crippen molar-refractivity contribution in [1.82, 2.24) is 4.98 Å². The van der Waals surface area contributed by atoms with Gasteiger partial charge in [-0.3, -0.25) is 9.78 Å². The average Bonchev–Trinajstić information content (AvgIpc) is 2.32. The molecular weight excluding hydrogens is 216 g/mol. The molecule has 1 saturated heterocycles. The zero-order chi connectivity index (χ0) is 12.3. The molecular formula is C13H18N2O2. The van der Waals surface area contributed by atoms with Crippen LogP contribution < -0.4 is 5.32 Å². The molecule has 4 heteroatoms. The van der Waals surface area contributed by atoms with Crippen LogP contribution in [-0.4, -0.2) is 23.6 Å². The minimum absolute atomic E-state index is 0.00200. The van der Waals surface area contributed by atoms with Crippen LogP contribution in [0.15, 0.2) is 18.3 Å². The van der Waals surface area contributed by atoms with E-state index >= 15 is 0 Å². The quantitative estimate of drug-likeness (QED) is 0.853. The first-order valence-electron chi connectivity index (χ1n) is 6.02. The molecule has 1 aromatic heterocycles. The molecule has 2 heterocycles. The van der Waals surface area contributed by atoms with E-state index in [2.05, 4.69) is 10.3 Å². The molecule has 1 amide bonds. The highest BCUT2D eigenvalue weighted by molar-refractivity contribution is 5.92. The number of nitrogens with one attached hydrogen (secondary N) is 1. The van der Waals surface area contributed by atoms with Gasteiger partial charge < -0.3 is 10.1 Å². The summed E-state index contributed by atoms with van der Waals surface area (Å²) in [5.74, 6) is -0.0205. The van der Waals surface area contributed by atoms with Crippen molar-refractivity contribution >= 4 is 11.6 Å². The number of carbonyl (C=O) groups is 1. The van der Waals surface area contributed by atoms with Gasteiger partial charge in [-0.05, 0) is 38.8 Å². The number of hydrogen-bond acceptors (Lipinski definition) is 3. The lowest BCUT2D eigenvalue weighted by Crippen LogP contribution is -2.36. The van der Waals surface area contributed by atoms with Gasteiger partial charge in [-0.25, -0.2) is 0 Å². The fourth-order valence-electron chi connectivity index (χ4n) is 2.04. The third-order valence-electron chi connectivity index (χ3n) is 3.12. The van der Waals surface area contributed by atoms with Crippen molar-refractivity contribution in [2.75, 3.05) is 11.9 Å². The van der Waals surface area contributed by atoms with E-state index in [-0.39, 0.29) is 17.9 Å². The van der Waals surface area contributed by atoms with Crippen molar-refractivity contribution in [1.29, 1.82) is 0 Å². The third kappa shape index (κ3) is 3.03. The van der Waals surface area contributed by atoms with Crippen molar-refractivity contribution in [2.45, 2.75) is 32.8 Å². The Labute approximate surface area is 101 Å². The number of carbonyl (C=O) groups excluding carboxylic acids is 1. The molecule has 17 heavy (non-hydrogen) atoms. The largest absolute Gasteiger partial charge is 0.378 e. The van der Waals surface area contributed by atoms with Gasteiger partial charge >= 0.3 is 0 Å². The summed E-state index contributed by atoms with van der Waals surface area (Å²) >= 11 is 0. The van der Waals surface area contributed by atoms with Gasteiger partial charge in [0.15, 0.2) is 0 Å². The molecule has 0 aliphatic carbocycles. The van der Waals surface area contributed by atoms with Crippen molar-refractivity contribution in [2.24, 2.45) is 5.92 Å². The molecule has 2 unspecified atom stereocenters. The zero-order valence-corrected chi connectivity index (χ0v) is 10.3. The molecule has 0 saturated carbocycles. The highest BCUT2D eigenvalue weighted by Crippen LogP contribution is 2.22. The number of nitrogens with zero attached hydrogens (tertiary/aromatic N) is 1. The van der Waals surface area contributed by atoms with Gasteiger partial charge in [-0.1, -0.05) is 0 Å². The lowest BCUT2D eigenvalue weighted by molar-refractivity contribution is -0.127. The molecule has 92 valence electrons. The van der Waals surface area contributed by atoms with Crippen LogP contribution in [-0.2, 0) is 9.53 Å². The third-order valence-corrected chi connectivity index (χ3v) is 3.12. The van der Waals surface area contributed by atoms with E-state index < -0.39 is 0 Å². The topological polar surface area (TPSA) is 51.2 Å². The molecule has 0 bridgehead atoms. The van der Waals surface area contributed by atoms with Crippen LogP contribution in [0.4, 0.5) is 5.69 Å². The Balaban J connectivity index is 1.98. The summed E-state index contributed by atoms with van der Waals surface area (Å²) in [5, 5.41) is 2.89. The monoisotopic (exact) mass is 234 g/mol. The van der Waals surface area contributed by atoms with Gasteiger partial charge in [0.1, 0.15) is 0 Å². The summed E-state index contributed by atoms with van der Waals surface area (Å²) in [4.78, 5) is 16.2. The molecule has 1 fully saturated rings. The number of pyridine rings is 1. The van der Waals surface area contributed by atoms with E-state index in [1.165, 1.54) is 0 Å². The highest BCUT2D eigenvalue weighted by Gasteiger charge is 2.28. The first kappa shape index (κ1) is 12.0. The number of rotatable bonds is 2.